The van der Waals surface area contributed by atoms with Gasteiger partial charge in [0, 0.05) is 12.2 Å². The first kappa shape index (κ1) is 14.1. The monoisotopic (exact) mass is 269 g/mol. The van der Waals surface area contributed by atoms with E-state index in [1.54, 1.807) is 30.3 Å². The number of nitrogens with one attached hydrogen (secondary N) is 1. The fourth-order valence-corrected chi connectivity index (χ4v) is 1.54. The van der Waals surface area contributed by atoms with Crippen molar-refractivity contribution in [2.75, 3.05) is 7.11 Å². The van der Waals surface area contributed by atoms with Crippen molar-refractivity contribution in [2.45, 2.75) is 4.90 Å². The van der Waals surface area contributed by atoms with Crippen LogP contribution < -0.4 is 5.48 Å². The Labute approximate surface area is 106 Å². The van der Waals surface area contributed by atoms with E-state index in [1.807, 2.05) is 5.48 Å². The molecule has 1 atom stereocenters. The predicted molar refractivity (Wildman–Crippen MR) is 63.2 cm³/mol. The number of hydroxylamine groups is 1. The lowest BCUT2D eigenvalue weighted by molar-refractivity contribution is -0.135. The minimum absolute atomic E-state index is 0.412. The Kier molecular flexibility index (Phi) is 5.75. The second-order valence-corrected chi connectivity index (χ2v) is 4.06. The topological polar surface area (TPSA) is 81.7 Å². The maximum atomic E-state index is 11.5. The summed E-state index contributed by atoms with van der Waals surface area (Å²) in [5, 5.41) is 0. The van der Waals surface area contributed by atoms with E-state index >= 15 is 0 Å². The van der Waals surface area contributed by atoms with Crippen LogP contribution in [0.25, 0.3) is 0 Å². The fourth-order valence-electron chi connectivity index (χ4n) is 0.904. The van der Waals surface area contributed by atoms with Crippen LogP contribution in [0.5, 0.6) is 0 Å². The summed E-state index contributed by atoms with van der Waals surface area (Å²) in [5.74, 6) is -1.39. The number of amides is 1. The third-order valence-corrected chi connectivity index (χ3v) is 2.62. The Bertz CT molecular complexity index is 472. The molecule has 0 aliphatic carbocycles. The van der Waals surface area contributed by atoms with E-state index in [1.165, 1.54) is 7.11 Å². The zero-order chi connectivity index (χ0) is 13.4. The van der Waals surface area contributed by atoms with Crippen LogP contribution in [0.2, 0.25) is 0 Å². The van der Waals surface area contributed by atoms with Crippen LogP contribution in [-0.2, 0) is 29.7 Å². The van der Waals surface area contributed by atoms with Crippen molar-refractivity contribution in [2.24, 2.45) is 0 Å². The molecule has 0 saturated carbocycles. The van der Waals surface area contributed by atoms with Crippen molar-refractivity contribution < 1.29 is 22.8 Å². The van der Waals surface area contributed by atoms with E-state index in [0.717, 1.165) is 12.2 Å². The molecule has 0 fully saturated rings. The van der Waals surface area contributed by atoms with Gasteiger partial charge in [-0.3, -0.25) is 4.79 Å². The van der Waals surface area contributed by atoms with Crippen molar-refractivity contribution in [3.63, 3.8) is 0 Å². The first-order valence-electron chi connectivity index (χ1n) is 4.83. The lowest BCUT2D eigenvalue weighted by Crippen LogP contribution is -2.23. The average molecular weight is 269 g/mol. The molecule has 7 heteroatoms. The number of esters is 1. The van der Waals surface area contributed by atoms with Crippen LogP contribution >= 0.6 is 0 Å². The van der Waals surface area contributed by atoms with E-state index in [2.05, 4.69) is 9.02 Å². The van der Waals surface area contributed by atoms with Crippen molar-refractivity contribution in [1.29, 1.82) is 0 Å². The Hall–Kier alpha value is -1.99. The molecule has 0 aromatic heterocycles. The molecule has 0 aliphatic rings. The van der Waals surface area contributed by atoms with Gasteiger partial charge in [-0.05, 0) is 12.1 Å². The summed E-state index contributed by atoms with van der Waals surface area (Å²) in [6.07, 6.45) is 1.83. The van der Waals surface area contributed by atoms with Crippen molar-refractivity contribution >= 4 is 23.0 Å². The van der Waals surface area contributed by atoms with Gasteiger partial charge in [0.25, 0.3) is 5.91 Å². The van der Waals surface area contributed by atoms with Gasteiger partial charge in [0.1, 0.15) is 0 Å². The maximum absolute atomic E-state index is 11.5. The normalized spacial score (nSPS) is 12.1. The van der Waals surface area contributed by atoms with Gasteiger partial charge < -0.3 is 4.74 Å². The molecule has 0 spiro atoms. The zero-order valence-electron chi connectivity index (χ0n) is 9.49. The Morgan fingerprint density at radius 2 is 1.89 bits per heavy atom. The molecule has 0 saturated heterocycles. The van der Waals surface area contributed by atoms with Crippen molar-refractivity contribution in [3.05, 3.63) is 42.5 Å². The average Bonchev–Trinajstić information content (AvgIpc) is 2.42. The second-order valence-electron chi connectivity index (χ2n) is 2.95. The van der Waals surface area contributed by atoms with E-state index in [-0.39, 0.29) is 0 Å². The fraction of sp³-hybridized carbons (Fsp3) is 0.0909. The third kappa shape index (κ3) is 4.89. The summed E-state index contributed by atoms with van der Waals surface area (Å²) in [7, 11) is 1.19. The van der Waals surface area contributed by atoms with Gasteiger partial charge in [0.05, 0.1) is 12.0 Å². The SMILES string of the molecule is COC(=O)/C=C/C(=O)NOS(=O)c1ccccc1. The van der Waals surface area contributed by atoms with E-state index in [4.69, 9.17) is 0 Å². The molecular weight excluding hydrogens is 258 g/mol. The molecule has 1 amide bonds. The minimum atomic E-state index is -1.80. The largest absolute Gasteiger partial charge is 0.466 e. The summed E-state index contributed by atoms with van der Waals surface area (Å²) >= 11 is -1.80. The van der Waals surface area contributed by atoms with Crippen LogP contribution in [-0.4, -0.2) is 23.2 Å². The first-order valence-corrected chi connectivity index (χ1v) is 5.91. The van der Waals surface area contributed by atoms with Gasteiger partial charge in [0.15, 0.2) is 0 Å². The number of benzene rings is 1. The number of methoxy groups -OCH3 is 1. The lowest BCUT2D eigenvalue weighted by atomic mass is 10.4. The van der Waals surface area contributed by atoms with E-state index < -0.39 is 23.0 Å². The van der Waals surface area contributed by atoms with Gasteiger partial charge in [-0.2, -0.15) is 4.28 Å². The summed E-state index contributed by atoms with van der Waals surface area (Å²) in [4.78, 5) is 22.2. The van der Waals surface area contributed by atoms with Crippen LogP contribution in [0.4, 0.5) is 0 Å². The standard InChI is InChI=1S/C11H11NO5S/c1-16-11(14)8-7-10(13)12-17-18(15)9-5-3-2-4-6-9/h2-8H,1H3,(H,12,13)/b8-7+. The Balaban J connectivity index is 2.42. The number of hydrogen-bond donors (Lipinski definition) is 1. The Morgan fingerprint density at radius 3 is 2.50 bits per heavy atom. The molecule has 0 aliphatic heterocycles. The Morgan fingerprint density at radius 1 is 1.22 bits per heavy atom. The van der Waals surface area contributed by atoms with Gasteiger partial charge in [-0.25, -0.2) is 14.5 Å². The quantitative estimate of drug-likeness (QED) is 0.478. The second kappa shape index (κ2) is 7.36. The molecule has 1 aromatic rings. The highest BCUT2D eigenvalue weighted by Gasteiger charge is 2.05. The smallest absolute Gasteiger partial charge is 0.330 e. The summed E-state index contributed by atoms with van der Waals surface area (Å²) in [5.41, 5.74) is 1.93. The maximum Gasteiger partial charge on any atom is 0.330 e. The van der Waals surface area contributed by atoms with Crippen molar-refractivity contribution in [3.8, 4) is 0 Å². The highest BCUT2D eigenvalue weighted by molar-refractivity contribution is 7.80. The summed E-state index contributed by atoms with van der Waals surface area (Å²) < 4.78 is 20.4. The van der Waals surface area contributed by atoms with E-state index in [0.29, 0.717) is 4.90 Å². The summed E-state index contributed by atoms with van der Waals surface area (Å²) in [6.45, 7) is 0. The zero-order valence-corrected chi connectivity index (χ0v) is 10.3. The molecule has 1 aromatic carbocycles. The van der Waals surface area contributed by atoms with Crippen LogP contribution in [0, 0.1) is 0 Å². The molecule has 1 rings (SSSR count). The number of hydrogen-bond acceptors (Lipinski definition) is 5. The first-order chi connectivity index (χ1) is 8.63. The molecule has 96 valence electrons. The van der Waals surface area contributed by atoms with Crippen molar-refractivity contribution in [1.82, 2.24) is 5.48 Å². The number of ether oxygens (including phenoxy) is 1. The van der Waals surface area contributed by atoms with Gasteiger partial charge in [0.2, 0.25) is 11.1 Å². The molecular formula is C11H11NO5S. The minimum Gasteiger partial charge on any atom is -0.466 e. The van der Waals surface area contributed by atoms with Gasteiger partial charge in [-0.1, -0.05) is 18.2 Å². The van der Waals surface area contributed by atoms with E-state index in [9.17, 15) is 13.8 Å². The lowest BCUT2D eigenvalue weighted by Gasteiger charge is -2.01. The van der Waals surface area contributed by atoms with Crippen LogP contribution in [0.3, 0.4) is 0 Å². The third-order valence-electron chi connectivity index (χ3n) is 1.73. The molecule has 1 N–H and O–H groups in total. The van der Waals surface area contributed by atoms with Crippen LogP contribution in [0.15, 0.2) is 47.4 Å². The molecule has 0 heterocycles. The van der Waals surface area contributed by atoms with Crippen LogP contribution in [0.1, 0.15) is 0 Å². The number of carbonyl (C=O) groups excluding carboxylic acids is 2. The summed E-state index contributed by atoms with van der Waals surface area (Å²) in [6, 6.07) is 8.32. The predicted octanol–water partition coefficient (Wildman–Crippen LogP) is 0.486. The van der Waals surface area contributed by atoms with Gasteiger partial charge in [-0.15, -0.1) is 0 Å². The van der Waals surface area contributed by atoms with Gasteiger partial charge >= 0.3 is 5.97 Å². The number of carbonyl (C=O) groups is 2. The number of rotatable bonds is 5. The molecule has 0 radical (unpaired) electrons. The molecule has 1 unspecified atom stereocenters. The highest BCUT2D eigenvalue weighted by atomic mass is 32.2. The molecule has 6 nitrogen and oxygen atoms in total. The molecule has 0 bridgehead atoms. The highest BCUT2D eigenvalue weighted by Crippen LogP contribution is 2.04. The molecule has 18 heavy (non-hydrogen) atoms.